The van der Waals surface area contributed by atoms with Gasteiger partial charge in [-0.25, -0.2) is 4.98 Å². The first-order chi connectivity index (χ1) is 41.7. The van der Waals surface area contributed by atoms with Gasteiger partial charge >= 0.3 is 7.60 Å². The van der Waals surface area contributed by atoms with E-state index in [1.54, 1.807) is 18.3 Å². The number of Topliss-reactive ketones (excluding diaryl/α,β-unsaturated/α-hetero) is 2. The summed E-state index contributed by atoms with van der Waals surface area (Å²) < 4.78 is 18.0. The molecule has 6 aromatic rings. The van der Waals surface area contributed by atoms with E-state index in [0.29, 0.717) is 42.3 Å². The van der Waals surface area contributed by atoms with E-state index in [-0.39, 0.29) is 98.9 Å². The number of likely N-dealkylation sites (tertiary alicyclic amines) is 1. The zero-order chi connectivity index (χ0) is 63.4. The van der Waals surface area contributed by atoms with Crippen molar-refractivity contribution in [2.45, 2.75) is 162 Å². The number of nitrogens with zero attached hydrogens (tertiary/aromatic N) is 3. The molecular weight excluding hydrogens is 1160 g/mol. The average molecular weight is 1240 g/mol. The molecular formula is C66H78N7O13PS. The van der Waals surface area contributed by atoms with Crippen LogP contribution in [0.4, 0.5) is 5.69 Å². The molecule has 0 bridgehead atoms. The zero-order valence-electron chi connectivity index (χ0n) is 50.5. The number of β-amino-alcohol motifs (C(OH)–C–C–N with tert-alkyl or cyclic N) is 1. The van der Waals surface area contributed by atoms with Crippen LogP contribution in [0.1, 0.15) is 153 Å². The van der Waals surface area contributed by atoms with Gasteiger partial charge in [0.05, 0.1) is 58.4 Å². The fraction of sp³-hybridized carbons (Fsp3) is 0.439. The van der Waals surface area contributed by atoms with E-state index < -0.39 is 78.3 Å². The number of rotatable bonds is 26. The predicted molar refractivity (Wildman–Crippen MR) is 333 cm³/mol. The van der Waals surface area contributed by atoms with E-state index in [1.807, 2.05) is 107 Å². The number of unbranched alkanes of at least 4 members (excludes halogenated alkanes) is 1. The Balaban J connectivity index is 0.753. The van der Waals surface area contributed by atoms with Crippen LogP contribution >= 0.6 is 18.9 Å². The Bertz CT molecular complexity index is 3660. The molecule has 9 rings (SSSR count). The second-order valence-corrected chi connectivity index (χ2v) is 27.2. The SMILES string of the molecule is Cc1ncsc1-c1ccc([C@H](C)NC(=O)[C@@H]2C[C@@H](O)CN2C(=O)[C@@H](CC(=O)CCCCc2ccc(CO[C@H](C)[C@H](CCC(N)=O)NC(=O)[C@@H]3Cc4cccc5c4N3C(=O)[C@@H](CC(=O)c3cc4cc(C(=O)P(=O)(O)O)ccc4[nH]3)CC5)cc2)C(C)(C)C)cc1. The van der Waals surface area contributed by atoms with Gasteiger partial charge < -0.3 is 45.9 Å². The molecule has 3 aliphatic heterocycles. The summed E-state index contributed by atoms with van der Waals surface area (Å²) in [5.41, 5.74) is 13.0. The summed E-state index contributed by atoms with van der Waals surface area (Å²) in [6, 6.07) is 24.1. The molecule has 1 saturated heterocycles. The third-order valence-electron chi connectivity index (χ3n) is 17.4. The topological polar surface area (TPSA) is 309 Å². The van der Waals surface area contributed by atoms with Gasteiger partial charge in [-0.15, -0.1) is 11.3 Å². The molecule has 8 N–H and O–H groups in total. The summed E-state index contributed by atoms with van der Waals surface area (Å²) in [6.07, 6.45) is 1.90. The first-order valence-electron chi connectivity index (χ1n) is 30.0. The molecule has 5 amide bonds. The largest absolute Gasteiger partial charge is 0.396 e. The number of nitrogens with one attached hydrogen (secondary N) is 3. The number of nitrogens with two attached hydrogens (primary N) is 1. The molecule has 0 unspecified atom stereocenters. The van der Waals surface area contributed by atoms with Crippen molar-refractivity contribution in [1.82, 2.24) is 25.5 Å². The Morgan fingerprint density at radius 1 is 0.886 bits per heavy atom. The van der Waals surface area contributed by atoms with E-state index >= 15 is 0 Å². The minimum Gasteiger partial charge on any atom is -0.391 e. The first-order valence-corrected chi connectivity index (χ1v) is 32.5. The molecule has 88 heavy (non-hydrogen) atoms. The van der Waals surface area contributed by atoms with Crippen molar-refractivity contribution in [3.63, 3.8) is 0 Å². The van der Waals surface area contributed by atoms with Crippen molar-refractivity contribution < 1.29 is 62.6 Å². The zero-order valence-corrected chi connectivity index (χ0v) is 52.2. The number of hydrogen-bond acceptors (Lipinski definition) is 13. The standard InChI is InChI=1S/C66H78N7O13PS/c1-37(42-18-21-44(22-19-42)60-38(2)68-36-88-60)69-61(78)55-33-50(75)34-72(55)64(81)51(66(4,5)6)32-49(74)13-8-7-10-40-14-16-41(17-15-40)35-86-39(3)52(26-27-58(67)77)71-62(79)56-30-45-12-9-11-43-20-23-46(63(80)73(56)59(43)45)31-57(76)54-29-48-28-47(24-25-53(48)70-54)65(82)87(83,84)85/h9,11-12,14-19,21-22,24-25,28-29,36-37,39,46,50-52,55-56,70,75H,7-8,10,13,20,23,26-27,30-35H2,1-6H3,(H2,67,77)(H,69,78)(H,71,79)(H2,83,84,85)/t37-,39+,46+,50+,51+,52-,55-,56-/m0/s1. The minimum atomic E-state index is -5.04. The van der Waals surface area contributed by atoms with Crippen LogP contribution in [-0.2, 0) is 63.9 Å². The maximum atomic E-state index is 14.6. The lowest BCUT2D eigenvalue weighted by atomic mass is 9.76. The number of carbonyl (C=O) groups excluding carboxylic acids is 8. The summed E-state index contributed by atoms with van der Waals surface area (Å²) >= 11 is 1.57. The number of aromatic nitrogens is 2. The number of H-pyrrole nitrogens is 1. The highest BCUT2D eigenvalue weighted by molar-refractivity contribution is 7.70. The number of aryl methyl sites for hydroxylation is 3. The maximum absolute atomic E-state index is 14.6. The third kappa shape index (κ3) is 15.3. The van der Waals surface area contributed by atoms with Gasteiger partial charge in [-0.3, -0.25) is 47.8 Å². The number of ether oxygens (including phenoxy) is 1. The lowest BCUT2D eigenvalue weighted by molar-refractivity contribution is -0.146. The van der Waals surface area contributed by atoms with Gasteiger partial charge in [-0.05, 0) is 122 Å². The highest BCUT2D eigenvalue weighted by Gasteiger charge is 2.46. The average Bonchev–Trinajstić information content (AvgIpc) is 1.68. The van der Waals surface area contributed by atoms with Gasteiger partial charge in [0.2, 0.25) is 29.5 Å². The van der Waals surface area contributed by atoms with Crippen LogP contribution in [0.2, 0.25) is 0 Å². The number of hydrogen-bond donors (Lipinski definition) is 7. The van der Waals surface area contributed by atoms with E-state index in [2.05, 4.69) is 20.6 Å². The Kier molecular flexibility index (Phi) is 20.3. The van der Waals surface area contributed by atoms with E-state index in [1.165, 1.54) is 34.1 Å². The summed E-state index contributed by atoms with van der Waals surface area (Å²) in [7, 11) is -5.04. The number of amides is 5. The molecule has 4 aromatic carbocycles. The first kappa shape index (κ1) is 64.9. The molecule has 0 aliphatic carbocycles. The van der Waals surface area contributed by atoms with Gasteiger partial charge in [0.1, 0.15) is 17.9 Å². The number of primary amides is 1. The van der Waals surface area contributed by atoms with Crippen molar-refractivity contribution in [1.29, 1.82) is 0 Å². The van der Waals surface area contributed by atoms with Crippen LogP contribution < -0.4 is 21.3 Å². The summed E-state index contributed by atoms with van der Waals surface area (Å²) in [5, 5.41) is 17.3. The van der Waals surface area contributed by atoms with Crippen LogP contribution in [0.15, 0.2) is 96.5 Å². The fourth-order valence-corrected chi connectivity index (χ4v) is 13.6. The molecule has 1 fully saturated rings. The number of aliphatic hydroxyl groups is 1. The number of aromatic amines is 1. The van der Waals surface area contributed by atoms with Crippen LogP contribution in [0.25, 0.3) is 21.3 Å². The lowest BCUT2D eigenvalue weighted by Crippen LogP contribution is -2.54. The second-order valence-electron chi connectivity index (χ2n) is 24.9. The molecule has 5 heterocycles. The van der Waals surface area contributed by atoms with Crippen molar-refractivity contribution in [2.24, 2.45) is 23.0 Å². The third-order valence-corrected chi connectivity index (χ3v) is 19.2. The molecule has 22 heteroatoms. The number of carbonyl (C=O) groups is 8. The van der Waals surface area contributed by atoms with Crippen molar-refractivity contribution in [3.05, 3.63) is 141 Å². The number of para-hydroxylation sites is 1. The monoisotopic (exact) mass is 1240 g/mol. The van der Waals surface area contributed by atoms with Crippen LogP contribution in [0, 0.1) is 24.2 Å². The number of aliphatic hydroxyl groups excluding tert-OH is 1. The highest BCUT2D eigenvalue weighted by atomic mass is 32.1. The van der Waals surface area contributed by atoms with Crippen LogP contribution in [0.5, 0.6) is 0 Å². The van der Waals surface area contributed by atoms with Crippen LogP contribution in [0.3, 0.4) is 0 Å². The number of anilines is 1. The Morgan fingerprint density at radius 2 is 1.59 bits per heavy atom. The highest BCUT2D eigenvalue weighted by Crippen LogP contribution is 2.43. The van der Waals surface area contributed by atoms with E-state index in [4.69, 9.17) is 10.5 Å². The number of benzene rings is 4. The molecule has 3 aliphatic rings. The van der Waals surface area contributed by atoms with Gasteiger partial charge in [-0.1, -0.05) is 87.5 Å². The Morgan fingerprint density at radius 3 is 2.27 bits per heavy atom. The predicted octanol–water partition coefficient (Wildman–Crippen LogP) is 8.54. The second kappa shape index (κ2) is 27.5. The van der Waals surface area contributed by atoms with Crippen molar-refractivity contribution >= 4 is 82.1 Å². The van der Waals surface area contributed by atoms with Gasteiger partial charge in [0.25, 0.3) is 5.52 Å². The molecule has 0 saturated carbocycles. The van der Waals surface area contributed by atoms with Gasteiger partial charge in [0, 0.05) is 73.4 Å². The van der Waals surface area contributed by atoms with Gasteiger partial charge in [-0.2, -0.15) is 0 Å². The van der Waals surface area contributed by atoms with Crippen LogP contribution in [-0.4, -0.2) is 113 Å². The van der Waals surface area contributed by atoms with Crippen molar-refractivity contribution in [3.8, 4) is 10.4 Å². The molecule has 0 spiro atoms. The Hall–Kier alpha value is -7.52. The number of thiazole rings is 1. The molecule has 2 aromatic heterocycles. The quantitative estimate of drug-likeness (QED) is 0.0152. The normalized spacial score (nSPS) is 18.9. The Labute approximate surface area is 515 Å². The fourth-order valence-electron chi connectivity index (χ4n) is 12.3. The molecule has 0 radical (unpaired) electrons. The van der Waals surface area contributed by atoms with Crippen molar-refractivity contribution in [2.75, 3.05) is 11.4 Å². The van der Waals surface area contributed by atoms with E-state index in [0.717, 1.165) is 50.4 Å². The van der Waals surface area contributed by atoms with Gasteiger partial charge in [0.15, 0.2) is 5.78 Å². The molecule has 20 nitrogen and oxygen atoms in total. The molecule has 466 valence electrons. The summed E-state index contributed by atoms with van der Waals surface area (Å²) in [6.45, 7) is 11.6. The molecule has 8 atom stereocenters. The summed E-state index contributed by atoms with van der Waals surface area (Å²) in [5.74, 6) is -4.03. The number of ketones is 2. The summed E-state index contributed by atoms with van der Waals surface area (Å²) in [4.78, 5) is 139. The minimum absolute atomic E-state index is 0.00733. The van der Waals surface area contributed by atoms with E-state index in [9.17, 15) is 57.8 Å². The smallest absolute Gasteiger partial charge is 0.391 e. The maximum Gasteiger partial charge on any atom is 0.396 e. The number of fused-ring (bicyclic) bond motifs is 1. The lowest BCUT2D eigenvalue weighted by Gasteiger charge is -2.35.